The minimum atomic E-state index is -2.35. The largest absolute Gasteiger partial charge is 0.389 e. The molecule has 0 heterocycles. The van der Waals surface area contributed by atoms with Crippen LogP contribution in [0.15, 0.2) is 0 Å². The molecule has 0 aliphatic rings. The Bertz CT molecular complexity index is 433. The van der Waals surface area contributed by atoms with Crippen molar-refractivity contribution in [2.24, 2.45) is 0 Å². The number of hydrogen-bond acceptors (Lipinski definition) is 4. The molecule has 0 saturated heterocycles. The average molecular weight is 435 g/mol. The molecule has 0 radical (unpaired) electrons. The Kier molecular flexibility index (Phi) is 9.70. The van der Waals surface area contributed by atoms with Crippen LogP contribution in [-0.2, 0) is 17.7 Å². The first-order valence-corrected chi connectivity index (χ1v) is 15.7. The number of hydrogen-bond donors (Lipinski definition) is 0. The second-order valence-electron chi connectivity index (χ2n) is 12.1. The molecule has 0 spiro atoms. The van der Waals surface area contributed by atoms with E-state index >= 15 is 0 Å². The molecule has 0 bridgehead atoms. The van der Waals surface area contributed by atoms with Gasteiger partial charge >= 0.3 is 17.1 Å². The van der Waals surface area contributed by atoms with Crippen molar-refractivity contribution in [2.45, 2.75) is 144 Å². The van der Waals surface area contributed by atoms with E-state index in [0.29, 0.717) is 0 Å². The molecular formula is C22H50O4Si2. The topological polar surface area (TPSA) is 36.9 Å². The van der Waals surface area contributed by atoms with Crippen LogP contribution in [0.25, 0.3) is 0 Å². The van der Waals surface area contributed by atoms with Crippen molar-refractivity contribution in [1.82, 2.24) is 0 Å². The van der Waals surface area contributed by atoms with E-state index in [1.165, 1.54) is 0 Å². The fourth-order valence-corrected chi connectivity index (χ4v) is 11.5. The van der Waals surface area contributed by atoms with Crippen LogP contribution >= 0.6 is 0 Å². The molecule has 28 heavy (non-hydrogen) atoms. The molecule has 0 atom stereocenters. The summed E-state index contributed by atoms with van der Waals surface area (Å²) in [5.74, 6) is 0. The third-order valence-corrected chi connectivity index (χ3v) is 11.3. The maximum Gasteiger partial charge on any atom is 0.338 e. The van der Waals surface area contributed by atoms with Crippen LogP contribution in [0.1, 0.15) is 96.4 Å². The second kappa shape index (κ2) is 9.60. The van der Waals surface area contributed by atoms with Gasteiger partial charge in [0.05, 0.1) is 22.4 Å². The van der Waals surface area contributed by atoms with Gasteiger partial charge in [-0.1, -0.05) is 6.92 Å². The summed E-state index contributed by atoms with van der Waals surface area (Å²) in [7, 11) is -4.69. The van der Waals surface area contributed by atoms with Crippen LogP contribution in [0.2, 0.25) is 24.7 Å². The molecule has 0 saturated carbocycles. The Balaban J connectivity index is 5.43. The molecule has 0 aliphatic carbocycles. The second-order valence-corrected chi connectivity index (χ2v) is 18.7. The first kappa shape index (κ1) is 28.3. The van der Waals surface area contributed by atoms with Gasteiger partial charge in [0, 0.05) is 0 Å². The van der Waals surface area contributed by atoms with Crippen molar-refractivity contribution in [3.63, 3.8) is 0 Å². The highest BCUT2D eigenvalue weighted by atomic mass is 28.4. The summed E-state index contributed by atoms with van der Waals surface area (Å²) in [6, 6.07) is 2.85. The monoisotopic (exact) mass is 434 g/mol. The van der Waals surface area contributed by atoms with Gasteiger partial charge in [0.25, 0.3) is 0 Å². The van der Waals surface area contributed by atoms with Crippen LogP contribution in [0.3, 0.4) is 0 Å². The van der Waals surface area contributed by atoms with Crippen molar-refractivity contribution in [3.8, 4) is 0 Å². The Morgan fingerprint density at radius 2 is 0.857 bits per heavy atom. The van der Waals surface area contributed by atoms with Crippen LogP contribution < -0.4 is 0 Å². The summed E-state index contributed by atoms with van der Waals surface area (Å²) in [6.07, 6.45) is 1.00. The van der Waals surface area contributed by atoms with Crippen molar-refractivity contribution >= 4 is 17.1 Å². The normalized spacial score (nSPS) is 15.2. The van der Waals surface area contributed by atoms with E-state index in [0.717, 1.165) is 24.6 Å². The van der Waals surface area contributed by atoms with Gasteiger partial charge in [-0.15, -0.1) is 0 Å². The first-order chi connectivity index (χ1) is 12.1. The molecule has 170 valence electrons. The number of rotatable bonds is 9. The van der Waals surface area contributed by atoms with E-state index in [1.807, 2.05) is 0 Å². The molecule has 6 heteroatoms. The van der Waals surface area contributed by atoms with Crippen molar-refractivity contribution in [1.29, 1.82) is 0 Å². The minimum Gasteiger partial charge on any atom is -0.389 e. The molecule has 0 fully saturated rings. The molecule has 4 nitrogen and oxygen atoms in total. The third-order valence-electron chi connectivity index (χ3n) is 3.76. The predicted octanol–water partition coefficient (Wildman–Crippen LogP) is 7.17. The first-order valence-electron chi connectivity index (χ1n) is 10.9. The molecule has 0 aliphatic heterocycles. The van der Waals surface area contributed by atoms with Gasteiger partial charge < -0.3 is 17.7 Å². The Labute approximate surface area is 178 Å². The summed E-state index contributed by atoms with van der Waals surface area (Å²) in [5.41, 5.74) is -0.847. The van der Waals surface area contributed by atoms with Gasteiger partial charge in [-0.3, -0.25) is 0 Å². The van der Waals surface area contributed by atoms with E-state index < -0.39 is 17.1 Å². The van der Waals surface area contributed by atoms with E-state index in [4.69, 9.17) is 17.7 Å². The van der Waals surface area contributed by atoms with Crippen LogP contribution in [0, 0.1) is 0 Å². The van der Waals surface area contributed by atoms with E-state index in [-0.39, 0.29) is 22.4 Å². The van der Waals surface area contributed by atoms with Crippen LogP contribution in [-0.4, -0.2) is 39.5 Å². The fourth-order valence-electron chi connectivity index (χ4n) is 3.66. The summed E-state index contributed by atoms with van der Waals surface area (Å²) < 4.78 is 26.2. The molecule has 0 aromatic carbocycles. The van der Waals surface area contributed by atoms with Crippen LogP contribution in [0.4, 0.5) is 0 Å². The Morgan fingerprint density at radius 3 is 1.11 bits per heavy atom. The Hall–Kier alpha value is 0.274. The summed E-state index contributed by atoms with van der Waals surface area (Å²) >= 11 is 0. The molecule has 0 N–H and O–H groups in total. The molecule has 0 aromatic heterocycles. The quantitative estimate of drug-likeness (QED) is 0.360. The maximum absolute atomic E-state index is 6.62. The smallest absolute Gasteiger partial charge is 0.338 e. The zero-order valence-corrected chi connectivity index (χ0v) is 23.5. The van der Waals surface area contributed by atoms with Gasteiger partial charge in [0.15, 0.2) is 0 Å². The molecule has 0 rings (SSSR count). The predicted molar refractivity (Wildman–Crippen MR) is 125 cm³/mol. The highest BCUT2D eigenvalue weighted by Crippen LogP contribution is 2.34. The average Bonchev–Trinajstić information content (AvgIpc) is 2.28. The zero-order valence-electron chi connectivity index (χ0n) is 21.5. The van der Waals surface area contributed by atoms with E-state index in [2.05, 4.69) is 96.6 Å². The van der Waals surface area contributed by atoms with Gasteiger partial charge in [-0.25, -0.2) is 0 Å². The molecular weight excluding hydrogens is 384 g/mol. The standard InChI is InChI=1S/C22H50O4Si2/c1-15-28(25-21(8,9)10,26-22(11,12)13)18-16-17-27(14,23-19(2,3)4)24-20(5,6)7/h15-18H2,1-14H3. The van der Waals surface area contributed by atoms with Gasteiger partial charge in [-0.2, -0.15) is 0 Å². The fraction of sp³-hybridized carbons (Fsp3) is 1.00. The molecule has 0 unspecified atom stereocenters. The van der Waals surface area contributed by atoms with Gasteiger partial charge in [0.1, 0.15) is 0 Å². The molecule has 0 amide bonds. The molecule has 0 aromatic rings. The minimum absolute atomic E-state index is 0.210. The van der Waals surface area contributed by atoms with E-state index in [9.17, 15) is 0 Å². The van der Waals surface area contributed by atoms with Crippen molar-refractivity contribution in [2.75, 3.05) is 0 Å². The third kappa shape index (κ3) is 13.5. The maximum atomic E-state index is 6.62. The van der Waals surface area contributed by atoms with Crippen molar-refractivity contribution in [3.05, 3.63) is 0 Å². The highest BCUT2D eigenvalue weighted by Gasteiger charge is 2.45. The van der Waals surface area contributed by atoms with Gasteiger partial charge in [0.2, 0.25) is 0 Å². The Morgan fingerprint density at radius 1 is 0.536 bits per heavy atom. The van der Waals surface area contributed by atoms with E-state index in [1.54, 1.807) is 0 Å². The highest BCUT2D eigenvalue weighted by molar-refractivity contribution is 6.68. The summed E-state index contributed by atoms with van der Waals surface area (Å²) in [4.78, 5) is 0. The summed E-state index contributed by atoms with van der Waals surface area (Å²) in [6.45, 7) is 29.8. The lowest BCUT2D eigenvalue weighted by Crippen LogP contribution is -2.52. The van der Waals surface area contributed by atoms with Crippen LogP contribution in [0.5, 0.6) is 0 Å². The summed E-state index contributed by atoms with van der Waals surface area (Å²) in [5, 5.41) is 0. The van der Waals surface area contributed by atoms with Crippen molar-refractivity contribution < 1.29 is 17.7 Å². The van der Waals surface area contributed by atoms with Gasteiger partial charge in [-0.05, 0) is 114 Å². The lowest BCUT2D eigenvalue weighted by molar-refractivity contribution is 0.0130. The lowest BCUT2D eigenvalue weighted by Gasteiger charge is -2.42. The zero-order chi connectivity index (χ0) is 22.7. The SMILES string of the molecule is CC[Si](CCC[Si](C)(OC(C)(C)C)OC(C)(C)C)(OC(C)(C)C)OC(C)(C)C. The lowest BCUT2D eigenvalue weighted by atomic mass is 10.2.